The van der Waals surface area contributed by atoms with Crippen LogP contribution in [0.25, 0.3) is 11.1 Å². The third kappa shape index (κ3) is 2.31. The lowest BCUT2D eigenvalue weighted by atomic mass is 9.88. The van der Waals surface area contributed by atoms with Crippen LogP contribution in [0, 0.1) is 0 Å². The molecule has 3 aliphatic rings. The van der Waals surface area contributed by atoms with Gasteiger partial charge in [0.05, 0.1) is 17.8 Å². The van der Waals surface area contributed by atoms with Gasteiger partial charge in [-0.05, 0) is 47.9 Å². The van der Waals surface area contributed by atoms with Crippen LogP contribution in [0.1, 0.15) is 23.5 Å². The number of alkyl halides is 3. The van der Waals surface area contributed by atoms with E-state index in [9.17, 15) is 13.2 Å². The second-order valence-electron chi connectivity index (χ2n) is 7.16. The van der Waals surface area contributed by atoms with Crippen molar-refractivity contribution in [3.05, 3.63) is 47.5 Å². The molecule has 0 amide bonds. The molecule has 0 saturated carbocycles. The molecule has 1 fully saturated rings. The van der Waals surface area contributed by atoms with Crippen molar-refractivity contribution in [3.8, 4) is 16.9 Å². The van der Waals surface area contributed by atoms with Gasteiger partial charge in [-0.2, -0.15) is 13.2 Å². The number of halogens is 3. The Balaban J connectivity index is 1.69. The minimum Gasteiger partial charge on any atom is -0.490 e. The van der Waals surface area contributed by atoms with Crippen molar-refractivity contribution in [2.75, 3.05) is 31.1 Å². The molecule has 1 saturated heterocycles. The van der Waals surface area contributed by atoms with Gasteiger partial charge >= 0.3 is 6.18 Å². The Morgan fingerprint density at radius 3 is 2.85 bits per heavy atom. The lowest BCUT2D eigenvalue weighted by Crippen LogP contribution is -2.46. The first-order valence-electron chi connectivity index (χ1n) is 8.99. The summed E-state index contributed by atoms with van der Waals surface area (Å²) in [6.07, 6.45) is -3.33. The van der Waals surface area contributed by atoms with Gasteiger partial charge in [0.2, 0.25) is 0 Å². The highest BCUT2D eigenvalue weighted by Crippen LogP contribution is 2.52. The molecular weight excluding hydrogens is 341 g/mol. The first kappa shape index (κ1) is 16.0. The fourth-order valence-corrected chi connectivity index (χ4v) is 4.70. The second kappa shape index (κ2) is 5.64. The standard InChI is InChI=1S/C20H19F3N2O/c21-20(22,23)16-4-2-1-3-13(16)12-9-14-15-11-24-6-5-17(15)25-7-8-26-18(10-12)19(14)25/h1-4,9-10,15,17,24H,5-8,11H2/t15-,17-/m0/s1. The molecule has 3 nitrogen and oxygen atoms in total. The van der Waals surface area contributed by atoms with Crippen LogP contribution in [0.2, 0.25) is 0 Å². The molecule has 0 aliphatic carbocycles. The fourth-order valence-electron chi connectivity index (χ4n) is 4.70. The highest BCUT2D eigenvalue weighted by atomic mass is 19.4. The smallest absolute Gasteiger partial charge is 0.417 e. The number of ether oxygens (including phenoxy) is 1. The first-order chi connectivity index (χ1) is 12.5. The van der Waals surface area contributed by atoms with Gasteiger partial charge in [-0.15, -0.1) is 0 Å². The minimum atomic E-state index is -4.38. The van der Waals surface area contributed by atoms with Gasteiger partial charge < -0.3 is 15.0 Å². The van der Waals surface area contributed by atoms with Gasteiger partial charge in [0.1, 0.15) is 12.4 Å². The number of anilines is 1. The number of piperidine rings is 1. The van der Waals surface area contributed by atoms with Crippen molar-refractivity contribution in [1.29, 1.82) is 0 Å². The number of hydrogen-bond donors (Lipinski definition) is 1. The molecule has 0 radical (unpaired) electrons. The van der Waals surface area contributed by atoms with Crippen molar-refractivity contribution in [2.45, 2.75) is 24.6 Å². The molecule has 136 valence electrons. The SMILES string of the molecule is FC(F)(F)c1ccccc1-c1cc2c3c(c1)[C@@H]1CNCC[C@@H]1N3CCO2. The summed E-state index contributed by atoms with van der Waals surface area (Å²) < 4.78 is 46.3. The first-order valence-corrected chi connectivity index (χ1v) is 8.99. The number of fused-ring (bicyclic) bond motifs is 3. The summed E-state index contributed by atoms with van der Waals surface area (Å²) in [5, 5.41) is 3.43. The van der Waals surface area contributed by atoms with E-state index in [1.807, 2.05) is 6.07 Å². The van der Waals surface area contributed by atoms with E-state index in [-0.39, 0.29) is 5.56 Å². The Morgan fingerprint density at radius 2 is 2.00 bits per heavy atom. The van der Waals surface area contributed by atoms with Crippen LogP contribution in [0.3, 0.4) is 0 Å². The number of hydrogen-bond acceptors (Lipinski definition) is 3. The summed E-state index contributed by atoms with van der Waals surface area (Å²) in [5.74, 6) is 1.02. The zero-order valence-corrected chi connectivity index (χ0v) is 14.1. The lowest BCUT2D eigenvalue weighted by molar-refractivity contribution is -0.137. The summed E-state index contributed by atoms with van der Waals surface area (Å²) in [4.78, 5) is 2.40. The fraction of sp³-hybridized carbons (Fsp3) is 0.400. The molecule has 0 bridgehead atoms. The maximum atomic E-state index is 13.5. The lowest BCUT2D eigenvalue weighted by Gasteiger charge is -2.36. The summed E-state index contributed by atoms with van der Waals surface area (Å²) in [6.45, 7) is 3.26. The van der Waals surface area contributed by atoms with E-state index in [1.165, 1.54) is 6.07 Å². The zero-order valence-electron chi connectivity index (χ0n) is 14.1. The molecule has 2 aromatic rings. The van der Waals surface area contributed by atoms with Gasteiger partial charge in [-0.25, -0.2) is 0 Å². The van der Waals surface area contributed by atoms with Crippen LogP contribution in [0.4, 0.5) is 18.9 Å². The number of nitrogens with zero attached hydrogens (tertiary/aromatic N) is 1. The van der Waals surface area contributed by atoms with Gasteiger partial charge in [0.15, 0.2) is 0 Å². The summed E-state index contributed by atoms with van der Waals surface area (Å²) in [5.41, 5.74) is 2.40. The molecule has 26 heavy (non-hydrogen) atoms. The van der Waals surface area contributed by atoms with Crippen molar-refractivity contribution in [1.82, 2.24) is 5.32 Å². The zero-order chi connectivity index (χ0) is 17.9. The van der Waals surface area contributed by atoms with Gasteiger partial charge in [0.25, 0.3) is 0 Å². The molecule has 3 aliphatic heterocycles. The highest BCUT2D eigenvalue weighted by molar-refractivity contribution is 5.80. The largest absolute Gasteiger partial charge is 0.490 e. The Labute approximate surface area is 149 Å². The van der Waals surface area contributed by atoms with Crippen LogP contribution >= 0.6 is 0 Å². The molecule has 5 rings (SSSR count). The topological polar surface area (TPSA) is 24.5 Å². The Kier molecular flexibility index (Phi) is 3.47. The average molecular weight is 360 g/mol. The molecule has 0 aromatic heterocycles. The third-order valence-electron chi connectivity index (χ3n) is 5.77. The number of rotatable bonds is 1. The van der Waals surface area contributed by atoms with Gasteiger partial charge in [-0.3, -0.25) is 0 Å². The third-order valence-corrected chi connectivity index (χ3v) is 5.77. The molecule has 1 N–H and O–H groups in total. The van der Waals surface area contributed by atoms with Crippen LogP contribution in [0.15, 0.2) is 36.4 Å². The van der Waals surface area contributed by atoms with Crippen LogP contribution in [-0.4, -0.2) is 32.3 Å². The van der Waals surface area contributed by atoms with Crippen LogP contribution in [-0.2, 0) is 6.18 Å². The van der Waals surface area contributed by atoms with E-state index in [1.54, 1.807) is 18.2 Å². The minimum absolute atomic E-state index is 0.215. The van der Waals surface area contributed by atoms with Gasteiger partial charge in [0, 0.05) is 18.5 Å². The quantitative estimate of drug-likeness (QED) is 0.831. The predicted octanol–water partition coefficient (Wildman–Crippen LogP) is 4.03. The molecule has 0 unspecified atom stereocenters. The van der Waals surface area contributed by atoms with Crippen molar-refractivity contribution < 1.29 is 17.9 Å². The molecule has 2 atom stereocenters. The van der Waals surface area contributed by atoms with E-state index in [2.05, 4.69) is 10.2 Å². The van der Waals surface area contributed by atoms with E-state index >= 15 is 0 Å². The normalized spacial score (nSPS) is 24.0. The second-order valence-corrected chi connectivity index (χ2v) is 7.16. The molecule has 6 heteroatoms. The van der Waals surface area contributed by atoms with E-state index in [0.29, 0.717) is 24.1 Å². The summed E-state index contributed by atoms with van der Waals surface area (Å²) >= 11 is 0. The molecule has 0 spiro atoms. The Bertz CT molecular complexity index is 865. The summed E-state index contributed by atoms with van der Waals surface area (Å²) in [6, 6.07) is 9.92. The monoisotopic (exact) mass is 360 g/mol. The van der Waals surface area contributed by atoms with E-state index < -0.39 is 11.7 Å². The average Bonchev–Trinajstić information content (AvgIpc) is 2.97. The maximum absolute atomic E-state index is 13.5. The molecule has 3 heterocycles. The molecular formula is C20H19F3N2O. The molecule has 2 aromatic carbocycles. The van der Waals surface area contributed by atoms with E-state index in [0.717, 1.165) is 49.1 Å². The van der Waals surface area contributed by atoms with Crippen molar-refractivity contribution >= 4 is 5.69 Å². The number of nitrogens with one attached hydrogen (secondary N) is 1. The maximum Gasteiger partial charge on any atom is 0.417 e. The van der Waals surface area contributed by atoms with Crippen molar-refractivity contribution in [3.63, 3.8) is 0 Å². The van der Waals surface area contributed by atoms with E-state index in [4.69, 9.17) is 4.74 Å². The van der Waals surface area contributed by atoms with Gasteiger partial charge in [-0.1, -0.05) is 18.2 Å². The number of benzene rings is 2. The van der Waals surface area contributed by atoms with Crippen molar-refractivity contribution in [2.24, 2.45) is 0 Å². The van der Waals surface area contributed by atoms with Crippen LogP contribution in [0.5, 0.6) is 5.75 Å². The van der Waals surface area contributed by atoms with Crippen LogP contribution < -0.4 is 15.0 Å². The Morgan fingerprint density at radius 1 is 1.15 bits per heavy atom. The Hall–Kier alpha value is -2.21. The summed E-state index contributed by atoms with van der Waals surface area (Å²) in [7, 11) is 0. The predicted molar refractivity (Wildman–Crippen MR) is 93.7 cm³/mol. The highest BCUT2D eigenvalue weighted by Gasteiger charge is 2.43.